The zero-order valence-corrected chi connectivity index (χ0v) is 21.5. The number of rotatable bonds is 7. The van der Waals surface area contributed by atoms with E-state index >= 15 is 0 Å². The molecule has 5 nitrogen and oxygen atoms in total. The minimum absolute atomic E-state index is 0.0337. The molecule has 4 aliphatic rings. The van der Waals surface area contributed by atoms with Gasteiger partial charge in [0.1, 0.15) is 0 Å². The van der Waals surface area contributed by atoms with Crippen molar-refractivity contribution in [1.82, 2.24) is 15.5 Å². The fourth-order valence-electron chi connectivity index (χ4n) is 6.96. The highest BCUT2D eigenvalue weighted by molar-refractivity contribution is 7.99. The molecule has 0 bridgehead atoms. The predicted molar refractivity (Wildman–Crippen MR) is 134 cm³/mol. The molecule has 4 fully saturated rings. The van der Waals surface area contributed by atoms with Crippen molar-refractivity contribution in [2.24, 2.45) is 23.7 Å². The standard InChI is InChI=1S/C26H47N3O2S/c1-18(20-5-4-6-24(14-20)31-3)27-26(30)28-23-9-11-25(12-10-23)32-17-19-7-8-21-15-29(2)16-22(21)13-19/h18-25H,4-17H2,1-3H3,(H2,27,28,30). The number of hydrogen-bond donors (Lipinski definition) is 2. The van der Waals surface area contributed by atoms with Gasteiger partial charge in [0.2, 0.25) is 0 Å². The highest BCUT2D eigenvalue weighted by atomic mass is 32.2. The molecule has 4 rings (SSSR count). The van der Waals surface area contributed by atoms with E-state index in [1.54, 1.807) is 0 Å². The zero-order valence-electron chi connectivity index (χ0n) is 20.7. The molecule has 6 heteroatoms. The Morgan fingerprint density at radius 2 is 1.81 bits per heavy atom. The van der Waals surface area contributed by atoms with E-state index in [0.29, 0.717) is 18.1 Å². The van der Waals surface area contributed by atoms with Crippen molar-refractivity contribution in [2.75, 3.05) is 33.0 Å². The number of nitrogens with one attached hydrogen (secondary N) is 2. The first-order valence-corrected chi connectivity index (χ1v) is 14.4. The lowest BCUT2D eigenvalue weighted by Crippen LogP contribution is -2.49. The van der Waals surface area contributed by atoms with Gasteiger partial charge >= 0.3 is 6.03 Å². The van der Waals surface area contributed by atoms with Gasteiger partial charge in [-0.15, -0.1) is 0 Å². The summed E-state index contributed by atoms with van der Waals surface area (Å²) in [7, 11) is 4.10. The lowest BCUT2D eigenvalue weighted by Gasteiger charge is -2.34. The Balaban J connectivity index is 1.10. The Morgan fingerprint density at radius 1 is 1.03 bits per heavy atom. The van der Waals surface area contributed by atoms with E-state index < -0.39 is 0 Å². The minimum Gasteiger partial charge on any atom is -0.381 e. The number of ether oxygens (including phenoxy) is 1. The van der Waals surface area contributed by atoms with E-state index in [0.717, 1.165) is 48.7 Å². The molecule has 0 aromatic heterocycles. The molecular weight excluding hydrogens is 418 g/mol. The van der Waals surface area contributed by atoms with Gasteiger partial charge in [-0.1, -0.05) is 6.42 Å². The van der Waals surface area contributed by atoms with E-state index in [1.807, 2.05) is 7.11 Å². The first-order chi connectivity index (χ1) is 15.5. The molecule has 3 aliphatic carbocycles. The van der Waals surface area contributed by atoms with Crippen LogP contribution in [0.25, 0.3) is 0 Å². The number of thioether (sulfide) groups is 1. The van der Waals surface area contributed by atoms with Crippen LogP contribution >= 0.6 is 11.8 Å². The Labute approximate surface area is 200 Å². The monoisotopic (exact) mass is 465 g/mol. The average Bonchev–Trinajstić information content (AvgIpc) is 3.17. The third kappa shape index (κ3) is 6.79. The molecule has 0 aromatic carbocycles. The summed E-state index contributed by atoms with van der Waals surface area (Å²) in [5.41, 5.74) is 0. The number of carbonyl (C=O) groups is 1. The molecule has 1 heterocycles. The molecule has 2 amide bonds. The molecule has 0 aromatic rings. The molecule has 1 saturated heterocycles. The summed E-state index contributed by atoms with van der Waals surface area (Å²) >= 11 is 2.24. The average molecular weight is 466 g/mol. The van der Waals surface area contributed by atoms with Crippen LogP contribution in [0.2, 0.25) is 0 Å². The summed E-state index contributed by atoms with van der Waals surface area (Å²) in [6.07, 6.45) is 14.1. The molecular formula is C26H47N3O2S. The number of amides is 2. The first kappa shape index (κ1) is 24.7. The number of hydrogen-bond acceptors (Lipinski definition) is 4. The number of carbonyl (C=O) groups excluding carboxylic acids is 1. The first-order valence-electron chi connectivity index (χ1n) is 13.4. The number of fused-ring (bicyclic) bond motifs is 1. The number of nitrogens with zero attached hydrogens (tertiary/aromatic N) is 1. The van der Waals surface area contributed by atoms with E-state index in [2.05, 4.69) is 41.3 Å². The second-order valence-electron chi connectivity index (χ2n) is 11.4. The predicted octanol–water partition coefficient (Wildman–Crippen LogP) is 4.90. The van der Waals surface area contributed by atoms with Crippen LogP contribution in [-0.4, -0.2) is 67.4 Å². The van der Waals surface area contributed by atoms with Gasteiger partial charge in [0, 0.05) is 37.5 Å². The fourth-order valence-corrected chi connectivity index (χ4v) is 8.41. The lowest BCUT2D eigenvalue weighted by molar-refractivity contribution is 0.0443. The highest BCUT2D eigenvalue weighted by Crippen LogP contribution is 2.41. The number of urea groups is 1. The largest absolute Gasteiger partial charge is 0.381 e. The van der Waals surface area contributed by atoms with Gasteiger partial charge in [0.15, 0.2) is 0 Å². The fraction of sp³-hybridized carbons (Fsp3) is 0.962. The Hall–Kier alpha value is -0.460. The number of methoxy groups -OCH3 is 1. The lowest BCUT2D eigenvalue weighted by atomic mass is 9.77. The van der Waals surface area contributed by atoms with Crippen molar-refractivity contribution in [2.45, 2.75) is 101 Å². The van der Waals surface area contributed by atoms with Crippen LogP contribution in [0.15, 0.2) is 0 Å². The maximum absolute atomic E-state index is 12.6. The van der Waals surface area contributed by atoms with Crippen molar-refractivity contribution in [3.05, 3.63) is 0 Å². The van der Waals surface area contributed by atoms with Gasteiger partial charge in [-0.3, -0.25) is 0 Å². The minimum atomic E-state index is 0.0337. The van der Waals surface area contributed by atoms with Gasteiger partial charge in [-0.05, 0) is 108 Å². The SMILES string of the molecule is COC1CCCC(C(C)NC(=O)NC2CCC(SCC3CCC4CN(C)CC4C3)CC2)C1. The smallest absolute Gasteiger partial charge is 0.315 e. The summed E-state index contributed by atoms with van der Waals surface area (Å²) in [5, 5.41) is 7.30. The third-order valence-corrected chi connectivity index (χ3v) is 10.6. The second kappa shape index (κ2) is 11.8. The maximum Gasteiger partial charge on any atom is 0.315 e. The van der Waals surface area contributed by atoms with E-state index in [9.17, 15) is 4.79 Å². The summed E-state index contributed by atoms with van der Waals surface area (Å²) in [6.45, 7) is 4.83. The van der Waals surface area contributed by atoms with Gasteiger partial charge in [0.25, 0.3) is 0 Å². The van der Waals surface area contributed by atoms with E-state index in [1.165, 1.54) is 63.8 Å². The third-order valence-electron chi connectivity index (χ3n) is 8.98. The van der Waals surface area contributed by atoms with Crippen LogP contribution in [0, 0.1) is 23.7 Å². The molecule has 6 unspecified atom stereocenters. The molecule has 0 spiro atoms. The van der Waals surface area contributed by atoms with Gasteiger partial charge in [-0.2, -0.15) is 11.8 Å². The van der Waals surface area contributed by atoms with Crippen LogP contribution in [0.3, 0.4) is 0 Å². The van der Waals surface area contributed by atoms with E-state index in [-0.39, 0.29) is 12.1 Å². The van der Waals surface area contributed by atoms with Crippen molar-refractivity contribution in [3.63, 3.8) is 0 Å². The molecule has 3 saturated carbocycles. The van der Waals surface area contributed by atoms with Gasteiger partial charge < -0.3 is 20.3 Å². The molecule has 2 N–H and O–H groups in total. The Bertz CT molecular complexity index is 598. The van der Waals surface area contributed by atoms with Crippen molar-refractivity contribution >= 4 is 17.8 Å². The quantitative estimate of drug-likeness (QED) is 0.561. The van der Waals surface area contributed by atoms with E-state index in [4.69, 9.17) is 4.74 Å². The topological polar surface area (TPSA) is 53.6 Å². The Kier molecular flexibility index (Phi) is 9.09. The van der Waals surface area contributed by atoms with Crippen LogP contribution in [-0.2, 0) is 4.74 Å². The van der Waals surface area contributed by atoms with Crippen molar-refractivity contribution in [3.8, 4) is 0 Å². The van der Waals surface area contributed by atoms with Gasteiger partial charge in [0.05, 0.1) is 6.10 Å². The normalized spacial score (nSPS) is 39.3. The summed E-state index contributed by atoms with van der Waals surface area (Å²) < 4.78 is 5.56. The zero-order chi connectivity index (χ0) is 22.5. The van der Waals surface area contributed by atoms with Crippen LogP contribution in [0.5, 0.6) is 0 Å². The second-order valence-corrected chi connectivity index (χ2v) is 12.8. The summed E-state index contributed by atoms with van der Waals surface area (Å²) in [6, 6.07) is 0.600. The van der Waals surface area contributed by atoms with Crippen molar-refractivity contribution < 1.29 is 9.53 Å². The molecule has 32 heavy (non-hydrogen) atoms. The van der Waals surface area contributed by atoms with Gasteiger partial charge in [-0.25, -0.2) is 4.79 Å². The maximum atomic E-state index is 12.6. The highest BCUT2D eigenvalue weighted by Gasteiger charge is 2.36. The molecule has 184 valence electrons. The number of likely N-dealkylation sites (tertiary alicyclic amines) is 1. The molecule has 6 atom stereocenters. The molecule has 1 aliphatic heterocycles. The van der Waals surface area contributed by atoms with Crippen LogP contribution in [0.1, 0.15) is 77.6 Å². The Morgan fingerprint density at radius 3 is 2.59 bits per heavy atom. The molecule has 0 radical (unpaired) electrons. The summed E-state index contributed by atoms with van der Waals surface area (Å²) in [5.74, 6) is 4.78. The van der Waals surface area contributed by atoms with Crippen LogP contribution in [0.4, 0.5) is 4.79 Å². The van der Waals surface area contributed by atoms with Crippen molar-refractivity contribution in [1.29, 1.82) is 0 Å². The summed E-state index contributed by atoms with van der Waals surface area (Å²) in [4.78, 5) is 15.1. The van der Waals surface area contributed by atoms with Crippen LogP contribution < -0.4 is 10.6 Å².